The van der Waals surface area contributed by atoms with Crippen molar-refractivity contribution in [3.63, 3.8) is 0 Å². The van der Waals surface area contributed by atoms with Crippen molar-refractivity contribution in [3.8, 4) is 17.7 Å². The van der Waals surface area contributed by atoms with E-state index in [9.17, 15) is 15.2 Å². The van der Waals surface area contributed by atoms with Crippen LogP contribution < -0.4 is 14.8 Å². The molecule has 4 aromatic rings. The van der Waals surface area contributed by atoms with E-state index < -0.39 is 28.7 Å². The quantitative estimate of drug-likeness (QED) is 0.405. The van der Waals surface area contributed by atoms with Crippen molar-refractivity contribution in [2.75, 3.05) is 26.5 Å². The van der Waals surface area contributed by atoms with Gasteiger partial charge >= 0.3 is 0 Å². The molecule has 5 heterocycles. The molecule has 1 aromatic carbocycles. The number of nitrogens with zero attached hydrogens (tertiary/aromatic N) is 5. The minimum Gasteiger partial charge on any atom is -0.481 e. The van der Waals surface area contributed by atoms with Gasteiger partial charge in [0.1, 0.15) is 17.5 Å². The van der Waals surface area contributed by atoms with E-state index in [4.69, 9.17) is 9.47 Å². The van der Waals surface area contributed by atoms with E-state index in [-0.39, 0.29) is 5.91 Å². The van der Waals surface area contributed by atoms with Gasteiger partial charge in [-0.25, -0.2) is 9.97 Å². The van der Waals surface area contributed by atoms with E-state index in [0.29, 0.717) is 34.1 Å². The summed E-state index contributed by atoms with van der Waals surface area (Å²) in [6.07, 6.45) is 4.92. The third-order valence-corrected chi connectivity index (χ3v) is 9.29. The Morgan fingerprint density at radius 1 is 1.28 bits per heavy atom. The number of aromatic nitrogens is 3. The van der Waals surface area contributed by atoms with Crippen LogP contribution in [0.2, 0.25) is 0 Å². The number of hydrogen-bond donors (Lipinski definition) is 2. The minimum absolute atomic E-state index is 0.254. The van der Waals surface area contributed by atoms with E-state index >= 15 is 0 Å². The van der Waals surface area contributed by atoms with Gasteiger partial charge in [-0.05, 0) is 29.1 Å². The number of hydrogen-bond acceptors (Lipinski definition) is 9. The normalized spacial score (nSPS) is 29.3. The molecule has 1 aliphatic carbocycles. The fourth-order valence-electron chi connectivity index (χ4n) is 6.99. The Kier molecular flexibility index (Phi) is 4.75. The van der Waals surface area contributed by atoms with Crippen LogP contribution in [0.3, 0.4) is 0 Å². The smallest absolute Gasteiger partial charge is 0.230 e. The van der Waals surface area contributed by atoms with Crippen LogP contribution in [0.4, 0.5) is 5.82 Å². The number of methoxy groups -OCH3 is 1. The summed E-state index contributed by atoms with van der Waals surface area (Å²) in [6, 6.07) is 14.9. The lowest BCUT2D eigenvalue weighted by Gasteiger charge is -2.44. The Morgan fingerprint density at radius 2 is 2.08 bits per heavy atom. The molecule has 1 amide bonds. The average molecular weight is 541 g/mol. The van der Waals surface area contributed by atoms with E-state index in [1.807, 2.05) is 34.2 Å². The van der Waals surface area contributed by atoms with Crippen LogP contribution in [0.25, 0.3) is 0 Å². The van der Waals surface area contributed by atoms with Gasteiger partial charge in [0, 0.05) is 36.8 Å². The summed E-state index contributed by atoms with van der Waals surface area (Å²) in [5.41, 5.74) is -2.83. The maximum Gasteiger partial charge on any atom is 0.230 e. The molecule has 1 saturated carbocycles. The molecule has 39 heavy (non-hydrogen) atoms. The number of carbonyl (C=O) groups is 1. The molecule has 1 fully saturated rings. The van der Waals surface area contributed by atoms with Gasteiger partial charge in [0.2, 0.25) is 11.8 Å². The van der Waals surface area contributed by atoms with Gasteiger partial charge in [0.15, 0.2) is 16.9 Å². The first-order chi connectivity index (χ1) is 18.8. The van der Waals surface area contributed by atoms with Crippen molar-refractivity contribution < 1.29 is 19.4 Å². The number of benzene rings is 1. The highest BCUT2D eigenvalue weighted by atomic mass is 32.1. The van der Waals surface area contributed by atoms with Crippen LogP contribution in [0.1, 0.15) is 27.5 Å². The Bertz CT molecular complexity index is 1660. The number of nitriles is 1. The molecule has 2 N–H and O–H groups in total. The van der Waals surface area contributed by atoms with Gasteiger partial charge in [-0.3, -0.25) is 9.36 Å². The molecule has 7 rings (SSSR count). The molecule has 196 valence electrons. The van der Waals surface area contributed by atoms with E-state index in [1.54, 1.807) is 51.0 Å². The molecule has 0 unspecified atom stereocenters. The fourth-order valence-corrected chi connectivity index (χ4v) is 7.91. The predicted octanol–water partition coefficient (Wildman–Crippen LogP) is 2.87. The monoisotopic (exact) mass is 540 g/mol. The van der Waals surface area contributed by atoms with Gasteiger partial charge in [0.25, 0.3) is 0 Å². The number of aliphatic hydroxyl groups is 1. The molecule has 0 bridgehead atoms. The molecular weight excluding hydrogens is 516 g/mol. The molecule has 11 heteroatoms. The Morgan fingerprint density at radius 3 is 2.74 bits per heavy atom. The molecule has 0 radical (unpaired) electrons. The first-order valence-corrected chi connectivity index (χ1v) is 13.2. The number of nitrogens with one attached hydrogen (secondary N) is 1. The zero-order valence-electron chi connectivity index (χ0n) is 21.3. The van der Waals surface area contributed by atoms with Gasteiger partial charge in [0.05, 0.1) is 37.2 Å². The second-order valence-corrected chi connectivity index (χ2v) is 11.2. The highest BCUT2D eigenvalue weighted by Crippen LogP contribution is 2.75. The predicted molar refractivity (Wildman–Crippen MR) is 141 cm³/mol. The summed E-state index contributed by atoms with van der Waals surface area (Å²) in [6.45, 7) is 0. The molecule has 3 aliphatic rings. The third kappa shape index (κ3) is 2.60. The van der Waals surface area contributed by atoms with Crippen molar-refractivity contribution in [2.45, 2.75) is 22.8 Å². The topological polar surface area (TPSA) is 126 Å². The molecule has 3 aromatic heterocycles. The zero-order valence-corrected chi connectivity index (χ0v) is 22.1. The summed E-state index contributed by atoms with van der Waals surface area (Å²) in [4.78, 5) is 25.4. The summed E-state index contributed by atoms with van der Waals surface area (Å²) >= 11 is 1.50. The molecule has 2 aliphatic heterocycles. The Labute approximate surface area is 228 Å². The van der Waals surface area contributed by atoms with Gasteiger partial charge < -0.3 is 24.8 Å². The van der Waals surface area contributed by atoms with Crippen LogP contribution in [0.15, 0.2) is 66.6 Å². The molecule has 1 spiro atoms. The number of thiophene rings is 1. The number of pyridine rings is 1. The van der Waals surface area contributed by atoms with E-state index in [0.717, 1.165) is 4.88 Å². The SMILES string of the molecule is COc1cc2c(cn1)[C@]13n4cncc4N[C@@]1(O)[C@H](C(=O)N(C)C)[C@@H](c1cccs1)[C@]3(c1ccc(C#N)cc1)O2. The second-order valence-electron chi connectivity index (χ2n) is 10.2. The second kappa shape index (κ2) is 7.81. The third-order valence-electron chi connectivity index (χ3n) is 8.34. The highest BCUT2D eigenvalue weighted by Gasteiger charge is 2.87. The highest BCUT2D eigenvalue weighted by molar-refractivity contribution is 7.10. The van der Waals surface area contributed by atoms with Crippen LogP contribution in [-0.2, 0) is 15.9 Å². The Balaban J connectivity index is 1.66. The number of imidazole rings is 1. The summed E-state index contributed by atoms with van der Waals surface area (Å²) in [5, 5.41) is 27.8. The Hall–Kier alpha value is -4.40. The number of rotatable bonds is 4. The number of fused-ring (bicyclic) bond motifs is 2. The zero-order chi connectivity index (χ0) is 27.2. The largest absolute Gasteiger partial charge is 0.481 e. The van der Waals surface area contributed by atoms with Crippen molar-refractivity contribution in [2.24, 2.45) is 5.92 Å². The lowest BCUT2D eigenvalue weighted by Crippen LogP contribution is -2.62. The maximum absolute atomic E-state index is 14.2. The fraction of sp³-hybridized carbons (Fsp3) is 0.286. The van der Waals surface area contributed by atoms with Gasteiger partial charge in [-0.1, -0.05) is 18.2 Å². The van der Waals surface area contributed by atoms with E-state index in [1.165, 1.54) is 23.3 Å². The van der Waals surface area contributed by atoms with Gasteiger partial charge in [-0.2, -0.15) is 5.26 Å². The summed E-state index contributed by atoms with van der Waals surface area (Å²) < 4.78 is 14.4. The lowest BCUT2D eigenvalue weighted by atomic mass is 9.69. The van der Waals surface area contributed by atoms with Crippen molar-refractivity contribution in [3.05, 3.63) is 88.1 Å². The number of anilines is 1. The first-order valence-electron chi connectivity index (χ1n) is 12.4. The lowest BCUT2D eigenvalue weighted by molar-refractivity contribution is -0.142. The average Bonchev–Trinajstić information content (AvgIpc) is 3.73. The molecule has 10 nitrogen and oxygen atoms in total. The summed E-state index contributed by atoms with van der Waals surface area (Å²) in [7, 11) is 4.90. The maximum atomic E-state index is 14.2. The summed E-state index contributed by atoms with van der Waals surface area (Å²) in [5.74, 6) is -0.498. The number of carbonyl (C=O) groups excluding carboxylic acids is 1. The van der Waals surface area contributed by atoms with Gasteiger partial charge in [-0.15, -0.1) is 11.3 Å². The molecule has 5 atom stereocenters. The van der Waals surface area contributed by atoms with Crippen LogP contribution in [-0.4, -0.2) is 57.4 Å². The van der Waals surface area contributed by atoms with Crippen LogP contribution >= 0.6 is 11.3 Å². The van der Waals surface area contributed by atoms with Crippen molar-refractivity contribution in [1.82, 2.24) is 19.4 Å². The number of ether oxygens (including phenoxy) is 2. The molecule has 0 saturated heterocycles. The standard InChI is InChI=1S/C28H24N6O4S/c1-33(2)25(35)24-23(20-5-4-10-39-20)26(17-8-6-16(12-29)7-9-17)27(18-13-31-22(37-3)11-19(18)38-26)28(24,36)32-21-14-30-15-34(21)27/h4-11,13-15,23-24,32,36H,1-3H3/t23-,24+,26+,27-,28-/m1/s1. The van der Waals surface area contributed by atoms with Crippen LogP contribution in [0.5, 0.6) is 11.6 Å². The van der Waals surface area contributed by atoms with Crippen LogP contribution in [0, 0.1) is 17.2 Å². The first kappa shape index (κ1) is 23.7. The minimum atomic E-state index is -1.85. The van der Waals surface area contributed by atoms with Crippen molar-refractivity contribution >= 4 is 23.1 Å². The number of amides is 1. The molecular formula is C28H24N6O4S. The van der Waals surface area contributed by atoms with Crippen molar-refractivity contribution in [1.29, 1.82) is 5.26 Å². The van der Waals surface area contributed by atoms with E-state index in [2.05, 4.69) is 21.4 Å².